The van der Waals surface area contributed by atoms with Gasteiger partial charge in [-0.2, -0.15) is 4.37 Å². The Morgan fingerprint density at radius 3 is 2.82 bits per heavy atom. The van der Waals surface area contributed by atoms with E-state index in [1.165, 1.54) is 11.5 Å². The van der Waals surface area contributed by atoms with Crippen LogP contribution in [-0.2, 0) is 0 Å². The van der Waals surface area contributed by atoms with Crippen LogP contribution in [0, 0.1) is 6.92 Å². The molecular formula is C6H5N3S2. The Morgan fingerprint density at radius 1 is 1.36 bits per heavy atom. The highest BCUT2D eigenvalue weighted by molar-refractivity contribution is 7.18. The fourth-order valence-corrected chi connectivity index (χ4v) is 2.05. The standard InChI is InChI=1S/C6H5N3S2/c1-4-8-6(11-9-4)5-7-2-3-10-5/h2-3H,1H3. The molecule has 0 spiro atoms. The third-order valence-electron chi connectivity index (χ3n) is 1.14. The summed E-state index contributed by atoms with van der Waals surface area (Å²) in [5.41, 5.74) is 0. The van der Waals surface area contributed by atoms with Gasteiger partial charge in [-0.25, -0.2) is 9.97 Å². The van der Waals surface area contributed by atoms with Crippen LogP contribution in [0.5, 0.6) is 0 Å². The first-order valence-corrected chi connectivity index (χ1v) is 4.72. The smallest absolute Gasteiger partial charge is 0.172 e. The molecule has 56 valence electrons. The molecule has 0 amide bonds. The zero-order chi connectivity index (χ0) is 7.68. The van der Waals surface area contributed by atoms with Crippen LogP contribution in [-0.4, -0.2) is 14.3 Å². The topological polar surface area (TPSA) is 38.7 Å². The highest BCUT2D eigenvalue weighted by Crippen LogP contribution is 2.22. The Morgan fingerprint density at radius 2 is 2.27 bits per heavy atom. The van der Waals surface area contributed by atoms with Crippen molar-refractivity contribution in [3.8, 4) is 10.0 Å². The molecule has 0 atom stereocenters. The zero-order valence-corrected chi connectivity index (χ0v) is 7.45. The minimum atomic E-state index is 0.820. The molecule has 0 saturated heterocycles. The number of aromatic nitrogens is 3. The first kappa shape index (κ1) is 6.87. The van der Waals surface area contributed by atoms with Crippen LogP contribution in [0.15, 0.2) is 11.6 Å². The maximum absolute atomic E-state index is 4.21. The van der Waals surface area contributed by atoms with Gasteiger partial charge in [0.05, 0.1) is 0 Å². The number of hydrogen-bond acceptors (Lipinski definition) is 5. The molecule has 0 bridgehead atoms. The van der Waals surface area contributed by atoms with E-state index in [4.69, 9.17) is 0 Å². The molecule has 0 aliphatic rings. The predicted molar refractivity (Wildman–Crippen MR) is 45.8 cm³/mol. The molecule has 2 heterocycles. The Labute approximate surface area is 71.9 Å². The van der Waals surface area contributed by atoms with Crippen LogP contribution in [0.3, 0.4) is 0 Å². The lowest BCUT2D eigenvalue weighted by Crippen LogP contribution is -1.74. The van der Waals surface area contributed by atoms with Crippen molar-refractivity contribution in [3.05, 3.63) is 17.4 Å². The zero-order valence-electron chi connectivity index (χ0n) is 5.81. The predicted octanol–water partition coefficient (Wildman–Crippen LogP) is 1.97. The Bertz CT molecular complexity index is 338. The monoisotopic (exact) mass is 183 g/mol. The van der Waals surface area contributed by atoms with Crippen molar-refractivity contribution in [1.29, 1.82) is 0 Å². The van der Waals surface area contributed by atoms with E-state index in [2.05, 4.69) is 14.3 Å². The lowest BCUT2D eigenvalue weighted by molar-refractivity contribution is 1.16. The van der Waals surface area contributed by atoms with E-state index in [1.807, 2.05) is 12.3 Å². The van der Waals surface area contributed by atoms with Gasteiger partial charge in [0.25, 0.3) is 0 Å². The summed E-state index contributed by atoms with van der Waals surface area (Å²) in [6, 6.07) is 0. The average Bonchev–Trinajstić information content (AvgIpc) is 2.55. The molecule has 0 aliphatic heterocycles. The lowest BCUT2D eigenvalue weighted by atomic mass is 10.7. The van der Waals surface area contributed by atoms with Gasteiger partial charge in [0.15, 0.2) is 10.0 Å². The van der Waals surface area contributed by atoms with Crippen LogP contribution in [0.2, 0.25) is 0 Å². The van der Waals surface area contributed by atoms with Crippen molar-refractivity contribution < 1.29 is 0 Å². The van der Waals surface area contributed by atoms with Crippen LogP contribution in [0.1, 0.15) is 5.82 Å². The van der Waals surface area contributed by atoms with Gasteiger partial charge in [-0.3, -0.25) is 0 Å². The SMILES string of the molecule is Cc1nsc(-c2nccs2)n1. The van der Waals surface area contributed by atoms with E-state index in [1.54, 1.807) is 17.5 Å². The van der Waals surface area contributed by atoms with Crippen molar-refractivity contribution in [2.45, 2.75) is 6.92 Å². The first-order chi connectivity index (χ1) is 5.36. The molecule has 3 nitrogen and oxygen atoms in total. The van der Waals surface area contributed by atoms with Gasteiger partial charge in [-0.15, -0.1) is 11.3 Å². The maximum Gasteiger partial charge on any atom is 0.172 e. The van der Waals surface area contributed by atoms with E-state index < -0.39 is 0 Å². The van der Waals surface area contributed by atoms with E-state index in [-0.39, 0.29) is 0 Å². The van der Waals surface area contributed by atoms with Crippen molar-refractivity contribution in [3.63, 3.8) is 0 Å². The van der Waals surface area contributed by atoms with Gasteiger partial charge in [0.1, 0.15) is 5.82 Å². The average molecular weight is 183 g/mol. The number of aryl methyl sites for hydroxylation is 1. The maximum atomic E-state index is 4.21. The molecule has 0 unspecified atom stereocenters. The second-order valence-electron chi connectivity index (χ2n) is 1.98. The van der Waals surface area contributed by atoms with Gasteiger partial charge in [0.2, 0.25) is 0 Å². The largest absolute Gasteiger partial charge is 0.242 e. The third-order valence-corrected chi connectivity index (χ3v) is 2.86. The Balaban J connectivity index is 2.45. The molecule has 0 radical (unpaired) electrons. The second kappa shape index (κ2) is 2.67. The van der Waals surface area contributed by atoms with Crippen LogP contribution >= 0.6 is 22.9 Å². The molecule has 2 rings (SSSR count). The third kappa shape index (κ3) is 1.29. The van der Waals surface area contributed by atoms with Crippen LogP contribution < -0.4 is 0 Å². The summed E-state index contributed by atoms with van der Waals surface area (Å²) in [7, 11) is 0. The summed E-state index contributed by atoms with van der Waals surface area (Å²) in [5.74, 6) is 0.820. The molecule has 0 fully saturated rings. The van der Waals surface area contributed by atoms with Crippen LogP contribution in [0.25, 0.3) is 10.0 Å². The highest BCUT2D eigenvalue weighted by atomic mass is 32.1. The molecule has 5 heteroatoms. The van der Waals surface area contributed by atoms with Crippen molar-refractivity contribution in [1.82, 2.24) is 14.3 Å². The van der Waals surface area contributed by atoms with Gasteiger partial charge in [-0.1, -0.05) is 0 Å². The van der Waals surface area contributed by atoms with Gasteiger partial charge in [-0.05, 0) is 18.5 Å². The summed E-state index contributed by atoms with van der Waals surface area (Å²) in [5, 5.41) is 3.81. The van der Waals surface area contributed by atoms with E-state index in [0.29, 0.717) is 0 Å². The quantitative estimate of drug-likeness (QED) is 0.678. The van der Waals surface area contributed by atoms with Crippen molar-refractivity contribution in [2.75, 3.05) is 0 Å². The highest BCUT2D eigenvalue weighted by Gasteiger charge is 2.04. The molecule has 2 aromatic heterocycles. The summed E-state index contributed by atoms with van der Waals surface area (Å²) >= 11 is 2.98. The number of nitrogens with zero attached hydrogens (tertiary/aromatic N) is 3. The second-order valence-corrected chi connectivity index (χ2v) is 3.63. The summed E-state index contributed by atoms with van der Waals surface area (Å²) < 4.78 is 4.07. The molecular weight excluding hydrogens is 178 g/mol. The van der Waals surface area contributed by atoms with Gasteiger partial charge >= 0.3 is 0 Å². The fourth-order valence-electron chi connectivity index (χ4n) is 0.713. The first-order valence-electron chi connectivity index (χ1n) is 3.06. The minimum absolute atomic E-state index is 0.820. The molecule has 2 aromatic rings. The fraction of sp³-hybridized carbons (Fsp3) is 0.167. The van der Waals surface area contributed by atoms with Crippen molar-refractivity contribution >= 4 is 22.9 Å². The minimum Gasteiger partial charge on any atom is -0.242 e. The Kier molecular flexibility index (Phi) is 1.67. The molecule has 0 aliphatic carbocycles. The normalized spacial score (nSPS) is 10.3. The van der Waals surface area contributed by atoms with E-state index in [9.17, 15) is 0 Å². The lowest BCUT2D eigenvalue weighted by Gasteiger charge is -1.81. The molecule has 0 aromatic carbocycles. The van der Waals surface area contributed by atoms with Gasteiger partial charge < -0.3 is 0 Å². The molecule has 11 heavy (non-hydrogen) atoms. The molecule has 0 N–H and O–H groups in total. The van der Waals surface area contributed by atoms with E-state index in [0.717, 1.165) is 15.8 Å². The summed E-state index contributed by atoms with van der Waals surface area (Å²) in [4.78, 5) is 8.33. The Hall–Kier alpha value is -0.810. The number of thiazole rings is 1. The summed E-state index contributed by atoms with van der Waals surface area (Å²) in [6.07, 6.45) is 1.77. The number of hydrogen-bond donors (Lipinski definition) is 0. The molecule has 0 saturated carbocycles. The number of rotatable bonds is 1. The van der Waals surface area contributed by atoms with Crippen molar-refractivity contribution in [2.24, 2.45) is 0 Å². The summed E-state index contributed by atoms with van der Waals surface area (Å²) in [6.45, 7) is 1.88. The van der Waals surface area contributed by atoms with Crippen LogP contribution in [0.4, 0.5) is 0 Å². The van der Waals surface area contributed by atoms with Gasteiger partial charge in [0, 0.05) is 11.6 Å². The van der Waals surface area contributed by atoms with E-state index >= 15 is 0 Å².